The molecular formula is C13H8FI2NO2. The molecule has 3 nitrogen and oxygen atoms in total. The number of carbonyl (C=O) groups is 1. The van der Waals surface area contributed by atoms with Crippen molar-refractivity contribution < 1.29 is 14.3 Å². The number of nitrogens with one attached hydrogen (secondary N) is 1. The van der Waals surface area contributed by atoms with Gasteiger partial charge in [0.15, 0.2) is 0 Å². The van der Waals surface area contributed by atoms with E-state index >= 15 is 0 Å². The van der Waals surface area contributed by atoms with Gasteiger partial charge in [0.05, 0.1) is 9.26 Å². The number of hydrogen-bond acceptors (Lipinski definition) is 2. The van der Waals surface area contributed by atoms with Crippen LogP contribution in [0.15, 0.2) is 36.4 Å². The first kappa shape index (κ1) is 14.5. The summed E-state index contributed by atoms with van der Waals surface area (Å²) in [7, 11) is 0. The molecular weight excluding hydrogens is 475 g/mol. The molecule has 2 rings (SSSR count). The summed E-state index contributed by atoms with van der Waals surface area (Å²) in [5.74, 6) is -0.646. The summed E-state index contributed by atoms with van der Waals surface area (Å²) in [5, 5.41) is 12.2. The Morgan fingerprint density at radius 2 is 1.84 bits per heavy atom. The van der Waals surface area contributed by atoms with Gasteiger partial charge in [-0.25, -0.2) is 4.39 Å². The van der Waals surface area contributed by atoms with E-state index in [1.807, 2.05) is 45.2 Å². The van der Waals surface area contributed by atoms with Crippen molar-refractivity contribution in [2.75, 3.05) is 5.32 Å². The molecule has 98 valence electrons. The Morgan fingerprint density at radius 3 is 2.47 bits per heavy atom. The van der Waals surface area contributed by atoms with Crippen LogP contribution in [0.3, 0.4) is 0 Å². The summed E-state index contributed by atoms with van der Waals surface area (Å²) in [5.41, 5.74) is 0.878. The third kappa shape index (κ3) is 3.56. The molecule has 2 aromatic carbocycles. The lowest BCUT2D eigenvalue weighted by Gasteiger charge is -2.08. The van der Waals surface area contributed by atoms with Crippen molar-refractivity contribution in [3.63, 3.8) is 0 Å². The van der Waals surface area contributed by atoms with Crippen molar-refractivity contribution in [3.05, 3.63) is 54.9 Å². The highest BCUT2D eigenvalue weighted by Crippen LogP contribution is 2.23. The molecule has 19 heavy (non-hydrogen) atoms. The van der Waals surface area contributed by atoms with E-state index in [0.717, 1.165) is 0 Å². The van der Waals surface area contributed by atoms with Crippen LogP contribution in [0.1, 0.15) is 10.4 Å². The lowest BCUT2D eigenvalue weighted by atomic mass is 10.2. The van der Waals surface area contributed by atoms with Crippen LogP contribution in [0, 0.1) is 13.0 Å². The second kappa shape index (κ2) is 6.04. The predicted octanol–water partition coefficient (Wildman–Crippen LogP) is 3.99. The topological polar surface area (TPSA) is 49.3 Å². The SMILES string of the molecule is O=C(Nc1ccc(F)cc1I)c1ccc(I)c(O)c1. The average molecular weight is 483 g/mol. The fourth-order valence-corrected chi connectivity index (χ4v) is 2.39. The first-order valence-corrected chi connectivity index (χ1v) is 7.38. The van der Waals surface area contributed by atoms with E-state index in [4.69, 9.17) is 0 Å². The zero-order valence-corrected chi connectivity index (χ0v) is 13.8. The molecule has 2 aromatic rings. The van der Waals surface area contributed by atoms with Crippen LogP contribution in [-0.2, 0) is 0 Å². The molecule has 0 saturated carbocycles. The Balaban J connectivity index is 2.23. The Morgan fingerprint density at radius 1 is 1.11 bits per heavy atom. The van der Waals surface area contributed by atoms with Gasteiger partial charge in [-0.3, -0.25) is 4.79 Å². The number of anilines is 1. The highest BCUT2D eigenvalue weighted by molar-refractivity contribution is 14.1. The third-order valence-corrected chi connectivity index (χ3v) is 4.19. The molecule has 0 radical (unpaired) electrons. The molecule has 0 aromatic heterocycles. The van der Waals surface area contributed by atoms with Gasteiger partial charge in [-0.1, -0.05) is 0 Å². The number of amides is 1. The Labute approximate surface area is 136 Å². The number of carbonyl (C=O) groups excluding carboxylic acids is 1. The van der Waals surface area contributed by atoms with Crippen LogP contribution in [0.5, 0.6) is 5.75 Å². The first-order valence-electron chi connectivity index (χ1n) is 5.22. The average Bonchev–Trinajstić information content (AvgIpc) is 2.36. The standard InChI is InChI=1S/C13H8FI2NO2/c14-8-2-4-11(10(16)6-8)17-13(19)7-1-3-9(15)12(18)5-7/h1-6,18H,(H,17,19). The van der Waals surface area contributed by atoms with Gasteiger partial charge >= 0.3 is 0 Å². The fraction of sp³-hybridized carbons (Fsp3) is 0. The van der Waals surface area contributed by atoms with Gasteiger partial charge in [0.25, 0.3) is 5.91 Å². The highest BCUT2D eigenvalue weighted by Gasteiger charge is 2.10. The van der Waals surface area contributed by atoms with Gasteiger partial charge in [0.1, 0.15) is 11.6 Å². The van der Waals surface area contributed by atoms with Crippen molar-refractivity contribution in [2.24, 2.45) is 0 Å². The number of aromatic hydroxyl groups is 1. The smallest absolute Gasteiger partial charge is 0.255 e. The quantitative estimate of drug-likeness (QED) is 0.636. The van der Waals surface area contributed by atoms with E-state index in [2.05, 4.69) is 5.32 Å². The van der Waals surface area contributed by atoms with Crippen LogP contribution in [0.4, 0.5) is 10.1 Å². The van der Waals surface area contributed by atoms with Crippen molar-refractivity contribution in [3.8, 4) is 5.75 Å². The largest absolute Gasteiger partial charge is 0.507 e. The van der Waals surface area contributed by atoms with Gasteiger partial charge in [-0.15, -0.1) is 0 Å². The molecule has 6 heteroatoms. The monoisotopic (exact) mass is 483 g/mol. The second-order valence-corrected chi connectivity index (χ2v) is 6.07. The molecule has 0 heterocycles. The van der Waals surface area contributed by atoms with Crippen molar-refractivity contribution in [2.45, 2.75) is 0 Å². The van der Waals surface area contributed by atoms with Crippen LogP contribution in [0.25, 0.3) is 0 Å². The number of benzene rings is 2. The number of phenols is 1. The number of hydrogen-bond donors (Lipinski definition) is 2. The highest BCUT2D eigenvalue weighted by atomic mass is 127. The lowest BCUT2D eigenvalue weighted by molar-refractivity contribution is 0.102. The molecule has 0 bridgehead atoms. The molecule has 1 amide bonds. The van der Waals surface area contributed by atoms with Gasteiger partial charge in [-0.05, 0) is 81.6 Å². The summed E-state index contributed by atoms with van der Waals surface area (Å²) in [6, 6.07) is 8.79. The molecule has 0 aliphatic heterocycles. The van der Waals surface area contributed by atoms with Gasteiger partial charge < -0.3 is 10.4 Å². The lowest BCUT2D eigenvalue weighted by Crippen LogP contribution is -2.12. The minimum atomic E-state index is -0.352. The van der Waals surface area contributed by atoms with Crippen molar-refractivity contribution in [1.29, 1.82) is 0 Å². The predicted molar refractivity (Wildman–Crippen MR) is 87.9 cm³/mol. The van der Waals surface area contributed by atoms with E-state index in [0.29, 0.717) is 18.4 Å². The minimum absolute atomic E-state index is 0.0575. The maximum Gasteiger partial charge on any atom is 0.255 e. The second-order valence-electron chi connectivity index (χ2n) is 3.74. The number of halogens is 3. The Bertz CT molecular complexity index is 647. The maximum atomic E-state index is 13.0. The fourth-order valence-electron chi connectivity index (χ4n) is 1.44. The molecule has 0 spiro atoms. The summed E-state index contributed by atoms with van der Waals surface area (Å²) >= 11 is 3.92. The van der Waals surface area contributed by atoms with E-state index in [1.54, 1.807) is 12.1 Å². The molecule has 0 fully saturated rings. The summed E-state index contributed by atoms with van der Waals surface area (Å²) < 4.78 is 14.2. The third-order valence-electron chi connectivity index (χ3n) is 2.39. The van der Waals surface area contributed by atoms with E-state index < -0.39 is 0 Å². The van der Waals surface area contributed by atoms with Crippen molar-refractivity contribution in [1.82, 2.24) is 0 Å². The van der Waals surface area contributed by atoms with E-state index in [-0.39, 0.29) is 17.5 Å². The van der Waals surface area contributed by atoms with Crippen molar-refractivity contribution >= 4 is 56.8 Å². The summed E-state index contributed by atoms with van der Waals surface area (Å²) in [6.07, 6.45) is 0. The number of rotatable bonds is 2. The van der Waals surface area contributed by atoms with Crippen LogP contribution < -0.4 is 5.32 Å². The zero-order chi connectivity index (χ0) is 14.0. The molecule has 0 saturated heterocycles. The number of phenolic OH excluding ortho intramolecular Hbond substituents is 1. The molecule has 2 N–H and O–H groups in total. The summed E-state index contributed by atoms with van der Waals surface area (Å²) in [6.45, 7) is 0. The minimum Gasteiger partial charge on any atom is -0.507 e. The Hall–Kier alpha value is -0.900. The molecule has 0 atom stereocenters. The van der Waals surface area contributed by atoms with Gasteiger partial charge in [-0.2, -0.15) is 0 Å². The molecule has 0 aliphatic rings. The first-order chi connectivity index (χ1) is 8.97. The van der Waals surface area contributed by atoms with Crippen LogP contribution >= 0.6 is 45.2 Å². The maximum absolute atomic E-state index is 13.0. The molecule has 0 aliphatic carbocycles. The Kier molecular flexibility index (Phi) is 4.61. The van der Waals surface area contributed by atoms with E-state index in [1.165, 1.54) is 24.3 Å². The zero-order valence-electron chi connectivity index (χ0n) is 9.45. The van der Waals surface area contributed by atoms with Gasteiger partial charge in [0, 0.05) is 9.13 Å². The van der Waals surface area contributed by atoms with Crippen LogP contribution in [-0.4, -0.2) is 11.0 Å². The molecule has 0 unspecified atom stereocenters. The normalized spacial score (nSPS) is 10.3. The van der Waals surface area contributed by atoms with Crippen LogP contribution in [0.2, 0.25) is 0 Å². The van der Waals surface area contributed by atoms with Gasteiger partial charge in [0.2, 0.25) is 0 Å². The summed E-state index contributed by atoms with van der Waals surface area (Å²) in [4.78, 5) is 12.0. The van der Waals surface area contributed by atoms with E-state index in [9.17, 15) is 14.3 Å².